The van der Waals surface area contributed by atoms with Crippen LogP contribution in [0.1, 0.15) is 43.4 Å². The van der Waals surface area contributed by atoms with E-state index in [0.717, 1.165) is 36.1 Å². The molecule has 0 saturated carbocycles. The van der Waals surface area contributed by atoms with E-state index in [0.29, 0.717) is 0 Å². The number of ether oxygens (including phenoxy) is 1. The van der Waals surface area contributed by atoms with Crippen LogP contribution in [-0.4, -0.2) is 12.2 Å². The molecule has 1 rings (SSSR count). The first-order valence-electron chi connectivity index (χ1n) is 5.51. The minimum Gasteiger partial charge on any atom is -0.496 e. The largest absolute Gasteiger partial charge is 0.496 e. The van der Waals surface area contributed by atoms with Gasteiger partial charge in [0, 0.05) is 5.56 Å². The van der Waals surface area contributed by atoms with Crippen LogP contribution in [0.25, 0.3) is 0 Å². The predicted molar refractivity (Wildman–Crippen MR) is 62.2 cm³/mol. The maximum absolute atomic E-state index is 9.97. The summed E-state index contributed by atoms with van der Waals surface area (Å²) in [5.74, 6) is 0.790. The SMILES string of the molecule is CCCCC(O)c1ccc(C)cc1OC. The van der Waals surface area contributed by atoms with E-state index in [-0.39, 0.29) is 0 Å². The molecule has 0 bridgehead atoms. The third-order valence-electron chi connectivity index (χ3n) is 2.58. The van der Waals surface area contributed by atoms with Gasteiger partial charge in [-0.05, 0) is 25.0 Å². The smallest absolute Gasteiger partial charge is 0.124 e. The number of hydrogen-bond donors (Lipinski definition) is 1. The van der Waals surface area contributed by atoms with E-state index in [9.17, 15) is 5.11 Å². The average Bonchev–Trinajstić information content (AvgIpc) is 2.25. The van der Waals surface area contributed by atoms with Crippen LogP contribution in [0.5, 0.6) is 5.75 Å². The minimum atomic E-state index is -0.402. The van der Waals surface area contributed by atoms with Gasteiger partial charge in [0.15, 0.2) is 0 Å². The lowest BCUT2D eigenvalue weighted by Gasteiger charge is -2.14. The summed E-state index contributed by atoms with van der Waals surface area (Å²) in [6, 6.07) is 5.92. The van der Waals surface area contributed by atoms with Gasteiger partial charge in [-0.15, -0.1) is 0 Å². The molecular formula is C13H20O2. The molecule has 1 aromatic rings. The Bertz CT molecular complexity index is 307. The lowest BCUT2D eigenvalue weighted by atomic mass is 10.0. The van der Waals surface area contributed by atoms with Crippen molar-refractivity contribution in [2.24, 2.45) is 0 Å². The number of unbranched alkanes of at least 4 members (excludes halogenated alkanes) is 1. The van der Waals surface area contributed by atoms with Crippen LogP contribution >= 0.6 is 0 Å². The van der Waals surface area contributed by atoms with Crippen molar-refractivity contribution in [3.63, 3.8) is 0 Å². The van der Waals surface area contributed by atoms with Crippen LogP contribution in [0, 0.1) is 6.92 Å². The van der Waals surface area contributed by atoms with E-state index in [1.54, 1.807) is 7.11 Å². The molecule has 2 heteroatoms. The average molecular weight is 208 g/mol. The Kier molecular flexibility index (Phi) is 4.63. The lowest BCUT2D eigenvalue weighted by Crippen LogP contribution is -2.00. The Labute approximate surface area is 91.9 Å². The summed E-state index contributed by atoms with van der Waals surface area (Å²) in [6.45, 7) is 4.14. The number of rotatable bonds is 5. The summed E-state index contributed by atoms with van der Waals surface area (Å²) in [4.78, 5) is 0. The highest BCUT2D eigenvalue weighted by molar-refractivity contribution is 5.38. The van der Waals surface area contributed by atoms with Gasteiger partial charge in [-0.1, -0.05) is 31.9 Å². The normalized spacial score (nSPS) is 12.5. The summed E-state index contributed by atoms with van der Waals surface area (Å²) in [5.41, 5.74) is 2.05. The Morgan fingerprint density at radius 1 is 1.40 bits per heavy atom. The molecule has 0 aliphatic heterocycles. The fraction of sp³-hybridized carbons (Fsp3) is 0.538. The molecule has 0 aliphatic rings. The van der Waals surface area contributed by atoms with Crippen molar-refractivity contribution >= 4 is 0 Å². The lowest BCUT2D eigenvalue weighted by molar-refractivity contribution is 0.160. The molecule has 1 atom stereocenters. The summed E-state index contributed by atoms with van der Waals surface area (Å²) in [5, 5.41) is 9.97. The number of hydrogen-bond acceptors (Lipinski definition) is 2. The summed E-state index contributed by atoms with van der Waals surface area (Å²) in [6.07, 6.45) is 2.54. The third kappa shape index (κ3) is 3.24. The molecule has 1 N–H and O–H groups in total. The zero-order valence-electron chi connectivity index (χ0n) is 9.79. The maximum atomic E-state index is 9.97. The van der Waals surface area contributed by atoms with Gasteiger partial charge in [0.25, 0.3) is 0 Å². The van der Waals surface area contributed by atoms with Crippen LogP contribution in [0.4, 0.5) is 0 Å². The van der Waals surface area contributed by atoms with Crippen LogP contribution in [-0.2, 0) is 0 Å². The van der Waals surface area contributed by atoms with E-state index in [4.69, 9.17) is 4.74 Å². The van der Waals surface area contributed by atoms with Gasteiger partial charge >= 0.3 is 0 Å². The summed E-state index contributed by atoms with van der Waals surface area (Å²) < 4.78 is 5.27. The first-order chi connectivity index (χ1) is 7.19. The fourth-order valence-corrected chi connectivity index (χ4v) is 1.65. The van der Waals surface area contributed by atoms with Crippen LogP contribution in [0.2, 0.25) is 0 Å². The van der Waals surface area contributed by atoms with Crippen molar-refractivity contribution in [2.75, 3.05) is 7.11 Å². The highest BCUT2D eigenvalue weighted by atomic mass is 16.5. The van der Waals surface area contributed by atoms with Gasteiger partial charge in [0.05, 0.1) is 13.2 Å². The molecule has 84 valence electrons. The van der Waals surface area contributed by atoms with Crippen molar-refractivity contribution in [1.29, 1.82) is 0 Å². The predicted octanol–water partition coefficient (Wildman–Crippen LogP) is 3.23. The first kappa shape index (κ1) is 12.1. The van der Waals surface area contributed by atoms with Crippen LogP contribution in [0.15, 0.2) is 18.2 Å². The van der Waals surface area contributed by atoms with E-state index in [1.807, 2.05) is 25.1 Å². The van der Waals surface area contributed by atoms with E-state index < -0.39 is 6.10 Å². The van der Waals surface area contributed by atoms with Crippen molar-refractivity contribution in [2.45, 2.75) is 39.2 Å². The Balaban J connectivity index is 2.82. The highest BCUT2D eigenvalue weighted by Crippen LogP contribution is 2.29. The number of methoxy groups -OCH3 is 1. The van der Waals surface area contributed by atoms with E-state index in [2.05, 4.69) is 6.92 Å². The number of benzene rings is 1. The highest BCUT2D eigenvalue weighted by Gasteiger charge is 2.12. The maximum Gasteiger partial charge on any atom is 0.124 e. The molecule has 0 spiro atoms. The van der Waals surface area contributed by atoms with Gasteiger partial charge in [-0.25, -0.2) is 0 Å². The van der Waals surface area contributed by atoms with E-state index in [1.165, 1.54) is 0 Å². The number of aliphatic hydroxyl groups is 1. The van der Waals surface area contributed by atoms with Crippen LogP contribution in [0.3, 0.4) is 0 Å². The van der Waals surface area contributed by atoms with Crippen LogP contribution < -0.4 is 4.74 Å². The molecule has 15 heavy (non-hydrogen) atoms. The van der Waals surface area contributed by atoms with Crippen molar-refractivity contribution in [3.05, 3.63) is 29.3 Å². The zero-order chi connectivity index (χ0) is 11.3. The van der Waals surface area contributed by atoms with Gasteiger partial charge in [-0.3, -0.25) is 0 Å². The monoisotopic (exact) mass is 208 g/mol. The zero-order valence-corrected chi connectivity index (χ0v) is 9.79. The molecular weight excluding hydrogens is 188 g/mol. The minimum absolute atomic E-state index is 0.402. The molecule has 1 unspecified atom stereocenters. The van der Waals surface area contributed by atoms with Crippen molar-refractivity contribution in [1.82, 2.24) is 0 Å². The Hall–Kier alpha value is -1.02. The van der Waals surface area contributed by atoms with Gasteiger partial charge in [0.2, 0.25) is 0 Å². The molecule has 2 nitrogen and oxygen atoms in total. The second-order valence-electron chi connectivity index (χ2n) is 3.90. The molecule has 0 aromatic heterocycles. The van der Waals surface area contributed by atoms with E-state index >= 15 is 0 Å². The van der Waals surface area contributed by atoms with Crippen molar-refractivity contribution < 1.29 is 9.84 Å². The second kappa shape index (κ2) is 5.76. The number of aliphatic hydroxyl groups excluding tert-OH is 1. The molecule has 0 radical (unpaired) electrons. The van der Waals surface area contributed by atoms with Gasteiger partial charge in [0.1, 0.15) is 5.75 Å². The topological polar surface area (TPSA) is 29.5 Å². The molecule has 1 aromatic carbocycles. The quantitative estimate of drug-likeness (QED) is 0.805. The first-order valence-corrected chi connectivity index (χ1v) is 5.51. The van der Waals surface area contributed by atoms with Gasteiger partial charge in [-0.2, -0.15) is 0 Å². The fourth-order valence-electron chi connectivity index (χ4n) is 1.65. The molecule has 0 aliphatic carbocycles. The molecule has 0 saturated heterocycles. The molecule has 0 fully saturated rings. The molecule has 0 amide bonds. The summed E-state index contributed by atoms with van der Waals surface area (Å²) >= 11 is 0. The van der Waals surface area contributed by atoms with Gasteiger partial charge < -0.3 is 9.84 Å². The Morgan fingerprint density at radius 3 is 2.73 bits per heavy atom. The number of aryl methyl sites for hydroxylation is 1. The standard InChI is InChI=1S/C13H20O2/c1-4-5-6-12(14)11-8-7-10(2)9-13(11)15-3/h7-9,12,14H,4-6H2,1-3H3. The second-order valence-corrected chi connectivity index (χ2v) is 3.90. The molecule has 0 heterocycles. The van der Waals surface area contributed by atoms with Crippen molar-refractivity contribution in [3.8, 4) is 5.75 Å². The third-order valence-corrected chi connectivity index (χ3v) is 2.58. The Morgan fingerprint density at radius 2 is 2.13 bits per heavy atom. The summed E-state index contributed by atoms with van der Waals surface area (Å²) in [7, 11) is 1.64.